The Kier molecular flexibility index (Phi) is 6.04. The summed E-state index contributed by atoms with van der Waals surface area (Å²) in [4.78, 5) is 7.17. The molecule has 3 heteroatoms. The minimum atomic E-state index is 0.647. The lowest BCUT2D eigenvalue weighted by Gasteiger charge is -2.37. The van der Waals surface area contributed by atoms with Crippen molar-refractivity contribution in [2.45, 2.75) is 65.5 Å². The topological polar surface area (TPSA) is 28.2 Å². The summed E-state index contributed by atoms with van der Waals surface area (Å²) in [6, 6.07) is 2.93. The molecule has 2 rings (SSSR count). The van der Waals surface area contributed by atoms with Crippen molar-refractivity contribution in [2.75, 3.05) is 18.5 Å². The van der Waals surface area contributed by atoms with Crippen LogP contribution < -0.4 is 10.2 Å². The molecule has 1 N–H and O–H groups in total. The van der Waals surface area contributed by atoms with Crippen LogP contribution in [0.15, 0.2) is 12.3 Å². The highest BCUT2D eigenvalue weighted by molar-refractivity contribution is 5.47. The summed E-state index contributed by atoms with van der Waals surface area (Å²) in [6.07, 6.45) is 8.62. The lowest BCUT2D eigenvalue weighted by molar-refractivity contribution is 0.320. The van der Waals surface area contributed by atoms with E-state index in [4.69, 9.17) is 4.98 Å². The summed E-state index contributed by atoms with van der Waals surface area (Å²) in [5.41, 5.74) is 2.58. The molecule has 0 aromatic carbocycles. The molecule has 3 nitrogen and oxygen atoms in total. The van der Waals surface area contributed by atoms with Crippen LogP contribution in [0.3, 0.4) is 0 Å². The van der Waals surface area contributed by atoms with Crippen molar-refractivity contribution >= 4 is 5.82 Å². The van der Waals surface area contributed by atoms with Crippen LogP contribution in [-0.4, -0.2) is 24.6 Å². The maximum absolute atomic E-state index is 4.75. The average Bonchev–Trinajstić information content (AvgIpc) is 2.47. The Morgan fingerprint density at radius 1 is 1.33 bits per heavy atom. The highest BCUT2D eigenvalue weighted by atomic mass is 15.2. The zero-order chi connectivity index (χ0) is 15.2. The van der Waals surface area contributed by atoms with E-state index >= 15 is 0 Å². The summed E-state index contributed by atoms with van der Waals surface area (Å²) >= 11 is 0. The summed E-state index contributed by atoms with van der Waals surface area (Å²) in [7, 11) is 2.22. The first-order valence-corrected chi connectivity index (χ1v) is 8.52. The number of anilines is 1. The first kappa shape index (κ1) is 16.3. The largest absolute Gasteiger partial charge is 0.356 e. The van der Waals surface area contributed by atoms with E-state index in [-0.39, 0.29) is 0 Å². The van der Waals surface area contributed by atoms with Crippen LogP contribution in [0.2, 0.25) is 0 Å². The van der Waals surface area contributed by atoms with Gasteiger partial charge in [-0.15, -0.1) is 0 Å². The normalized spacial score (nSPS) is 22.3. The first-order chi connectivity index (χ1) is 10.1. The highest BCUT2D eigenvalue weighted by Crippen LogP contribution is 2.30. The number of aromatic nitrogens is 1. The molecule has 2 atom stereocenters. The average molecular weight is 289 g/mol. The maximum Gasteiger partial charge on any atom is 0.131 e. The van der Waals surface area contributed by atoms with Crippen LogP contribution in [0.25, 0.3) is 0 Å². The van der Waals surface area contributed by atoms with Gasteiger partial charge in [-0.3, -0.25) is 0 Å². The first-order valence-electron chi connectivity index (χ1n) is 8.52. The van der Waals surface area contributed by atoms with Gasteiger partial charge in [-0.05, 0) is 55.8 Å². The molecule has 2 unspecified atom stereocenters. The van der Waals surface area contributed by atoms with E-state index < -0.39 is 0 Å². The Balaban J connectivity index is 2.05. The van der Waals surface area contributed by atoms with Gasteiger partial charge < -0.3 is 10.2 Å². The molecule has 0 spiro atoms. The van der Waals surface area contributed by atoms with Crippen LogP contribution >= 0.6 is 0 Å². The van der Waals surface area contributed by atoms with Gasteiger partial charge in [-0.25, -0.2) is 4.98 Å². The molecular weight excluding hydrogens is 258 g/mol. The van der Waals surface area contributed by atoms with Crippen LogP contribution in [0.5, 0.6) is 0 Å². The van der Waals surface area contributed by atoms with Gasteiger partial charge in [0.2, 0.25) is 0 Å². The minimum Gasteiger partial charge on any atom is -0.356 e. The van der Waals surface area contributed by atoms with E-state index in [0.29, 0.717) is 6.04 Å². The maximum atomic E-state index is 4.75. The molecule has 0 aliphatic heterocycles. The van der Waals surface area contributed by atoms with Crippen molar-refractivity contribution in [1.29, 1.82) is 0 Å². The zero-order valence-electron chi connectivity index (χ0n) is 14.2. The van der Waals surface area contributed by atoms with E-state index in [1.54, 1.807) is 0 Å². The molecule has 1 fully saturated rings. The number of aryl methyl sites for hydroxylation is 1. The summed E-state index contributed by atoms with van der Waals surface area (Å²) in [5.74, 6) is 1.93. The number of hydrogen-bond acceptors (Lipinski definition) is 3. The van der Waals surface area contributed by atoms with Gasteiger partial charge in [-0.2, -0.15) is 0 Å². The van der Waals surface area contributed by atoms with Crippen LogP contribution in [-0.2, 0) is 6.54 Å². The van der Waals surface area contributed by atoms with Crippen LogP contribution in [0.4, 0.5) is 5.82 Å². The molecule has 21 heavy (non-hydrogen) atoms. The van der Waals surface area contributed by atoms with E-state index in [0.717, 1.165) is 24.8 Å². The molecule has 0 bridgehead atoms. The molecule has 1 aliphatic carbocycles. The monoisotopic (exact) mass is 289 g/mol. The molecule has 118 valence electrons. The predicted molar refractivity (Wildman–Crippen MR) is 90.8 cm³/mol. The van der Waals surface area contributed by atoms with E-state index in [2.05, 4.69) is 44.1 Å². The van der Waals surface area contributed by atoms with Crippen molar-refractivity contribution in [1.82, 2.24) is 10.3 Å². The van der Waals surface area contributed by atoms with Gasteiger partial charge >= 0.3 is 0 Å². The molecule has 1 aromatic rings. The van der Waals surface area contributed by atoms with Crippen molar-refractivity contribution in [2.24, 2.45) is 5.92 Å². The predicted octanol–water partition coefficient (Wildman–Crippen LogP) is 3.90. The van der Waals surface area contributed by atoms with Crippen LogP contribution in [0, 0.1) is 12.8 Å². The number of hydrogen-bond donors (Lipinski definition) is 1. The van der Waals surface area contributed by atoms with Crippen molar-refractivity contribution in [3.05, 3.63) is 23.4 Å². The number of pyridine rings is 1. The van der Waals surface area contributed by atoms with Gasteiger partial charge in [0.05, 0.1) is 0 Å². The van der Waals surface area contributed by atoms with Gasteiger partial charge in [0, 0.05) is 25.8 Å². The number of rotatable bonds is 6. The summed E-state index contributed by atoms with van der Waals surface area (Å²) < 4.78 is 0. The summed E-state index contributed by atoms with van der Waals surface area (Å²) in [5, 5.41) is 3.44. The second-order valence-corrected chi connectivity index (χ2v) is 6.60. The second kappa shape index (κ2) is 7.79. The van der Waals surface area contributed by atoms with Gasteiger partial charge in [0.25, 0.3) is 0 Å². The Bertz CT molecular complexity index is 444. The Hall–Kier alpha value is -1.09. The fourth-order valence-corrected chi connectivity index (χ4v) is 3.53. The highest BCUT2D eigenvalue weighted by Gasteiger charge is 2.26. The smallest absolute Gasteiger partial charge is 0.131 e. The lowest BCUT2D eigenvalue weighted by Crippen LogP contribution is -2.39. The SMILES string of the molecule is CCCNCc1cnc(N(C)C2CCCCC2C)c(C)c1. The van der Waals surface area contributed by atoms with E-state index in [9.17, 15) is 0 Å². The third-order valence-electron chi connectivity index (χ3n) is 4.76. The third kappa shape index (κ3) is 4.19. The third-order valence-corrected chi connectivity index (χ3v) is 4.76. The standard InChI is InChI=1S/C18H31N3/c1-5-10-19-12-16-11-15(3)18(20-13-16)21(4)17-9-7-6-8-14(17)2/h11,13-14,17,19H,5-10,12H2,1-4H3. The Labute approximate surface area is 130 Å². The lowest BCUT2D eigenvalue weighted by atomic mass is 9.85. The minimum absolute atomic E-state index is 0.647. The quantitative estimate of drug-likeness (QED) is 0.805. The van der Waals surface area contributed by atoms with Crippen molar-refractivity contribution in [3.8, 4) is 0 Å². The van der Waals surface area contributed by atoms with Gasteiger partial charge in [0.15, 0.2) is 0 Å². The van der Waals surface area contributed by atoms with Gasteiger partial charge in [-0.1, -0.05) is 26.7 Å². The van der Waals surface area contributed by atoms with Crippen molar-refractivity contribution in [3.63, 3.8) is 0 Å². The molecule has 1 aromatic heterocycles. The molecule has 0 amide bonds. The zero-order valence-corrected chi connectivity index (χ0v) is 14.2. The summed E-state index contributed by atoms with van der Waals surface area (Å²) in [6.45, 7) is 8.76. The fraction of sp³-hybridized carbons (Fsp3) is 0.722. The van der Waals surface area contributed by atoms with Crippen molar-refractivity contribution < 1.29 is 0 Å². The number of nitrogens with zero attached hydrogens (tertiary/aromatic N) is 2. The number of nitrogens with one attached hydrogen (secondary N) is 1. The molecule has 1 aliphatic rings. The van der Waals surface area contributed by atoms with E-state index in [1.165, 1.54) is 43.2 Å². The molecule has 0 saturated heterocycles. The Morgan fingerprint density at radius 3 is 2.76 bits per heavy atom. The molecule has 1 heterocycles. The molecule has 0 radical (unpaired) electrons. The second-order valence-electron chi connectivity index (χ2n) is 6.60. The Morgan fingerprint density at radius 2 is 2.10 bits per heavy atom. The molecule has 1 saturated carbocycles. The van der Waals surface area contributed by atoms with Crippen LogP contribution in [0.1, 0.15) is 57.1 Å². The fourth-order valence-electron chi connectivity index (χ4n) is 3.53. The van der Waals surface area contributed by atoms with Gasteiger partial charge in [0.1, 0.15) is 5.82 Å². The van der Waals surface area contributed by atoms with E-state index in [1.807, 2.05) is 6.20 Å². The molecular formula is C18H31N3.